The molecule has 0 atom stereocenters. The van der Waals surface area contributed by atoms with E-state index in [-0.39, 0.29) is 18.0 Å². The van der Waals surface area contributed by atoms with E-state index in [1.165, 1.54) is 18.2 Å². The van der Waals surface area contributed by atoms with E-state index >= 15 is 0 Å². The molecule has 0 aliphatic rings. The van der Waals surface area contributed by atoms with E-state index in [0.29, 0.717) is 11.7 Å². The van der Waals surface area contributed by atoms with Gasteiger partial charge in [-0.1, -0.05) is 12.1 Å². The zero-order chi connectivity index (χ0) is 17.1. The number of carbonyl (C=O) groups excluding carboxylic acids is 1. The predicted molar refractivity (Wildman–Crippen MR) is 93.5 cm³/mol. The van der Waals surface area contributed by atoms with Gasteiger partial charge >= 0.3 is 5.69 Å². The highest BCUT2D eigenvalue weighted by atomic mass is 32.2. The maximum Gasteiger partial charge on any atom is 0.310 e. The van der Waals surface area contributed by atoms with E-state index < -0.39 is 10.8 Å². The van der Waals surface area contributed by atoms with Gasteiger partial charge in [0.15, 0.2) is 17.5 Å². The molecule has 10 heteroatoms. The second-order valence-electron chi connectivity index (χ2n) is 4.29. The van der Waals surface area contributed by atoms with Crippen LogP contribution in [0.5, 0.6) is 5.75 Å². The van der Waals surface area contributed by atoms with Crippen LogP contribution in [0.25, 0.3) is 0 Å². The van der Waals surface area contributed by atoms with Crippen molar-refractivity contribution in [2.24, 2.45) is 0 Å². The number of hydrogen-bond donors (Lipinski definition) is 3. The summed E-state index contributed by atoms with van der Waals surface area (Å²) in [6.45, 7) is 0.336. The van der Waals surface area contributed by atoms with Crippen LogP contribution in [-0.4, -0.2) is 41.1 Å². The maximum absolute atomic E-state index is 11.6. The number of nitrogens with zero attached hydrogens (tertiary/aromatic N) is 1. The lowest BCUT2D eigenvalue weighted by Gasteiger charge is -2.11. The van der Waals surface area contributed by atoms with Crippen LogP contribution >= 0.6 is 24.0 Å². The molecule has 0 radical (unpaired) electrons. The number of rotatable bonds is 8. The number of hydrogen-bond acceptors (Lipinski definition) is 6. The highest BCUT2D eigenvalue weighted by molar-refractivity contribution is 7.98. The maximum atomic E-state index is 11.6. The number of nitrogens with one attached hydrogen (secondary N) is 3. The van der Waals surface area contributed by atoms with Crippen LogP contribution in [0.4, 0.5) is 5.69 Å². The first-order valence-corrected chi connectivity index (χ1v) is 8.52. The Morgan fingerprint density at radius 3 is 2.83 bits per heavy atom. The van der Waals surface area contributed by atoms with Crippen LogP contribution in [0.2, 0.25) is 0 Å². The molecule has 0 bridgehead atoms. The molecule has 1 aromatic rings. The molecule has 0 unspecified atom stereocenters. The molecule has 23 heavy (non-hydrogen) atoms. The summed E-state index contributed by atoms with van der Waals surface area (Å²) in [6.07, 6.45) is 2.98. The second-order valence-corrected chi connectivity index (χ2v) is 5.68. The van der Waals surface area contributed by atoms with E-state index in [9.17, 15) is 14.9 Å². The molecule has 0 saturated heterocycles. The molecular formula is C13H18N4O4S2. The number of carbonyl (C=O) groups is 1. The Balaban J connectivity index is 2.30. The first-order valence-electron chi connectivity index (χ1n) is 6.72. The summed E-state index contributed by atoms with van der Waals surface area (Å²) >= 11 is 6.72. The highest BCUT2D eigenvalue weighted by Gasteiger charge is 2.14. The van der Waals surface area contributed by atoms with Gasteiger partial charge in [0, 0.05) is 12.6 Å². The lowest BCUT2D eigenvalue weighted by Crippen LogP contribution is -2.48. The van der Waals surface area contributed by atoms with Crippen molar-refractivity contribution in [1.29, 1.82) is 0 Å². The topological polar surface area (TPSA) is 106 Å². The molecule has 0 saturated carbocycles. The molecular weight excluding hydrogens is 340 g/mol. The van der Waals surface area contributed by atoms with Gasteiger partial charge in [-0.3, -0.25) is 25.8 Å². The Kier molecular flexibility index (Phi) is 8.76. The number of nitro benzene ring substituents is 1. The summed E-state index contributed by atoms with van der Waals surface area (Å²) in [5.41, 5.74) is 4.69. The van der Waals surface area contributed by atoms with Crippen LogP contribution in [0.15, 0.2) is 24.3 Å². The molecule has 8 nitrogen and oxygen atoms in total. The summed E-state index contributed by atoms with van der Waals surface area (Å²) in [4.78, 5) is 21.9. The van der Waals surface area contributed by atoms with Gasteiger partial charge in [0.1, 0.15) is 0 Å². The highest BCUT2D eigenvalue weighted by Crippen LogP contribution is 2.25. The molecule has 0 aliphatic carbocycles. The summed E-state index contributed by atoms with van der Waals surface area (Å²) in [5.74, 6) is 0.549. The number of ether oxygens (including phenoxy) is 1. The first-order chi connectivity index (χ1) is 11.0. The van der Waals surface area contributed by atoms with Crippen molar-refractivity contribution in [3.05, 3.63) is 34.4 Å². The smallest absolute Gasteiger partial charge is 0.310 e. The summed E-state index contributed by atoms with van der Waals surface area (Å²) in [7, 11) is 0. The molecule has 0 fully saturated rings. The van der Waals surface area contributed by atoms with Gasteiger partial charge in [0.05, 0.1) is 4.92 Å². The van der Waals surface area contributed by atoms with Crippen LogP contribution in [0.3, 0.4) is 0 Å². The van der Waals surface area contributed by atoms with Crippen molar-refractivity contribution >= 4 is 40.7 Å². The van der Waals surface area contributed by atoms with Crippen molar-refractivity contribution in [3.8, 4) is 5.75 Å². The Labute approximate surface area is 143 Å². The summed E-state index contributed by atoms with van der Waals surface area (Å²) < 4.78 is 5.15. The largest absolute Gasteiger partial charge is 0.477 e. The Hall–Kier alpha value is -2.07. The molecule has 0 heterocycles. The molecule has 0 spiro atoms. The zero-order valence-electron chi connectivity index (χ0n) is 12.5. The molecule has 3 N–H and O–H groups in total. The third-order valence-corrected chi connectivity index (χ3v) is 3.49. The number of amides is 1. The Bertz CT molecular complexity index is 557. The van der Waals surface area contributed by atoms with Crippen molar-refractivity contribution in [3.63, 3.8) is 0 Å². The average molecular weight is 358 g/mol. The van der Waals surface area contributed by atoms with Crippen molar-refractivity contribution in [2.75, 3.05) is 25.2 Å². The third kappa shape index (κ3) is 7.66. The van der Waals surface area contributed by atoms with Crippen molar-refractivity contribution in [1.82, 2.24) is 16.2 Å². The normalized spacial score (nSPS) is 9.78. The fraction of sp³-hybridized carbons (Fsp3) is 0.385. The van der Waals surface area contributed by atoms with Gasteiger partial charge < -0.3 is 10.1 Å². The van der Waals surface area contributed by atoms with E-state index in [2.05, 4.69) is 16.2 Å². The standard InChI is InChI=1S/C13H18N4O4S2/c1-23-8-4-7-14-13(22)16-15-12(18)9-21-11-6-3-2-5-10(11)17(19)20/h2-3,5-6H,4,7-9H2,1H3,(H,15,18)(H2,14,16,22). The van der Waals surface area contributed by atoms with Crippen LogP contribution < -0.4 is 20.9 Å². The van der Waals surface area contributed by atoms with Crippen LogP contribution in [0, 0.1) is 10.1 Å². The molecule has 126 valence electrons. The number of para-hydroxylation sites is 2. The van der Waals surface area contributed by atoms with Crippen LogP contribution in [0.1, 0.15) is 6.42 Å². The minimum absolute atomic E-state index is 0.0328. The number of thioether (sulfide) groups is 1. The van der Waals surface area contributed by atoms with Gasteiger partial charge in [-0.2, -0.15) is 11.8 Å². The number of thiocarbonyl (C=S) groups is 1. The minimum atomic E-state index is -0.570. The van der Waals surface area contributed by atoms with Gasteiger partial charge in [-0.25, -0.2) is 0 Å². The fourth-order valence-corrected chi connectivity index (χ4v) is 2.08. The monoisotopic (exact) mass is 358 g/mol. The van der Waals surface area contributed by atoms with E-state index in [4.69, 9.17) is 17.0 Å². The Morgan fingerprint density at radius 2 is 2.13 bits per heavy atom. The molecule has 1 rings (SSSR count). The summed E-state index contributed by atoms with van der Waals surface area (Å²) in [6, 6.07) is 5.84. The van der Waals surface area contributed by atoms with E-state index in [1.807, 2.05) is 6.26 Å². The molecule has 1 amide bonds. The second kappa shape index (κ2) is 10.6. The van der Waals surface area contributed by atoms with Gasteiger partial charge in [0.25, 0.3) is 5.91 Å². The van der Waals surface area contributed by atoms with E-state index in [0.717, 1.165) is 12.2 Å². The van der Waals surface area contributed by atoms with Crippen molar-refractivity contribution in [2.45, 2.75) is 6.42 Å². The quantitative estimate of drug-likeness (QED) is 0.276. The Morgan fingerprint density at radius 1 is 1.39 bits per heavy atom. The van der Waals surface area contributed by atoms with E-state index in [1.54, 1.807) is 17.8 Å². The van der Waals surface area contributed by atoms with Gasteiger partial charge in [-0.05, 0) is 36.7 Å². The molecule has 1 aromatic carbocycles. The lowest BCUT2D eigenvalue weighted by molar-refractivity contribution is -0.385. The average Bonchev–Trinajstić information content (AvgIpc) is 2.55. The number of hydrazine groups is 1. The molecule has 0 aromatic heterocycles. The zero-order valence-corrected chi connectivity index (χ0v) is 14.2. The predicted octanol–water partition coefficient (Wildman–Crippen LogP) is 1.22. The summed E-state index contributed by atoms with van der Waals surface area (Å²) in [5, 5.41) is 14.0. The SMILES string of the molecule is CSCCCNC(=S)NNC(=O)COc1ccccc1[N+](=O)[O-]. The minimum Gasteiger partial charge on any atom is -0.477 e. The number of nitro groups is 1. The molecule has 0 aliphatic heterocycles. The first kappa shape index (κ1) is 19.0. The van der Waals surface area contributed by atoms with Gasteiger partial charge in [-0.15, -0.1) is 0 Å². The van der Waals surface area contributed by atoms with Crippen LogP contribution in [-0.2, 0) is 4.79 Å². The number of benzene rings is 1. The third-order valence-electron chi connectivity index (χ3n) is 2.55. The van der Waals surface area contributed by atoms with Gasteiger partial charge in [0.2, 0.25) is 0 Å². The fourth-order valence-electron chi connectivity index (χ4n) is 1.50. The van der Waals surface area contributed by atoms with Crippen molar-refractivity contribution < 1.29 is 14.5 Å². The lowest BCUT2D eigenvalue weighted by atomic mass is 10.3.